The van der Waals surface area contributed by atoms with Gasteiger partial charge in [0.25, 0.3) is 0 Å². The average Bonchev–Trinajstić information content (AvgIpc) is 2.51. The van der Waals surface area contributed by atoms with Crippen LogP contribution < -0.4 is 10.7 Å². The maximum atomic E-state index is 11.8. The van der Waals surface area contributed by atoms with E-state index in [1.807, 2.05) is 18.2 Å². The van der Waals surface area contributed by atoms with Crippen molar-refractivity contribution in [3.63, 3.8) is 0 Å². The van der Waals surface area contributed by atoms with Crippen molar-refractivity contribution >= 4 is 62.8 Å². The fourth-order valence-electron chi connectivity index (χ4n) is 1.58. The van der Waals surface area contributed by atoms with Gasteiger partial charge in [0.1, 0.15) is 0 Å². The van der Waals surface area contributed by atoms with Crippen molar-refractivity contribution in [3.05, 3.63) is 62.5 Å². The lowest BCUT2D eigenvalue weighted by Gasteiger charge is -2.06. The number of hydrogen-bond donors (Lipinski definition) is 2. The summed E-state index contributed by atoms with van der Waals surface area (Å²) in [6.45, 7) is 0. The summed E-state index contributed by atoms with van der Waals surface area (Å²) in [4.78, 5) is 23.4. The Morgan fingerprint density at radius 1 is 1.09 bits per heavy atom. The van der Waals surface area contributed by atoms with Crippen LogP contribution >= 0.6 is 39.1 Å². The Bertz CT molecular complexity index is 781. The van der Waals surface area contributed by atoms with Gasteiger partial charge in [0.15, 0.2) is 0 Å². The molecule has 0 saturated heterocycles. The van der Waals surface area contributed by atoms with E-state index in [0.29, 0.717) is 0 Å². The summed E-state index contributed by atoms with van der Waals surface area (Å²) < 4.78 is 0.876. The Morgan fingerprint density at radius 3 is 2.57 bits per heavy atom. The van der Waals surface area contributed by atoms with Crippen LogP contribution in [0.3, 0.4) is 0 Å². The molecule has 2 rings (SSSR count). The summed E-state index contributed by atoms with van der Waals surface area (Å²) >= 11 is 15.1. The number of carbonyl (C=O) groups is 2. The molecule has 0 aromatic heterocycles. The topological polar surface area (TPSA) is 70.6 Å². The van der Waals surface area contributed by atoms with Crippen molar-refractivity contribution < 1.29 is 9.59 Å². The van der Waals surface area contributed by atoms with Crippen molar-refractivity contribution in [3.8, 4) is 0 Å². The first-order valence-electron chi connectivity index (χ1n) is 6.31. The minimum Gasteiger partial charge on any atom is -0.316 e. The molecule has 2 amide bonds. The summed E-state index contributed by atoms with van der Waals surface area (Å²) in [6, 6.07) is 12.0. The maximum absolute atomic E-state index is 11.8. The second kappa shape index (κ2) is 8.10. The first kappa shape index (κ1) is 17.5. The quantitative estimate of drug-likeness (QED) is 0.455. The Kier molecular flexibility index (Phi) is 6.15. The van der Waals surface area contributed by atoms with E-state index in [2.05, 4.69) is 31.8 Å². The number of anilines is 1. The molecule has 2 aromatic carbocycles. The number of hydrogen-bond acceptors (Lipinski definition) is 3. The molecule has 0 bridgehead atoms. The van der Waals surface area contributed by atoms with Crippen LogP contribution in [-0.2, 0) is 9.59 Å². The molecule has 23 heavy (non-hydrogen) atoms. The molecule has 0 heterocycles. The predicted molar refractivity (Wildman–Crippen MR) is 95.0 cm³/mol. The number of amides is 2. The monoisotopic (exact) mass is 413 g/mol. The van der Waals surface area contributed by atoms with Crippen LogP contribution in [0, 0.1) is 0 Å². The molecular weight excluding hydrogens is 405 g/mol. The van der Waals surface area contributed by atoms with Crippen LogP contribution in [0.15, 0.2) is 52.0 Å². The summed E-state index contributed by atoms with van der Waals surface area (Å²) in [5.74, 6) is -1.83. The van der Waals surface area contributed by atoms with E-state index in [1.54, 1.807) is 18.2 Å². The zero-order chi connectivity index (χ0) is 16.8. The molecule has 118 valence electrons. The van der Waals surface area contributed by atoms with E-state index in [1.165, 1.54) is 12.3 Å². The van der Waals surface area contributed by atoms with Crippen molar-refractivity contribution in [2.75, 3.05) is 5.32 Å². The Hall–Kier alpha value is -1.89. The van der Waals surface area contributed by atoms with Crippen LogP contribution in [0.4, 0.5) is 5.69 Å². The van der Waals surface area contributed by atoms with Gasteiger partial charge in [0, 0.05) is 4.47 Å². The number of hydrazone groups is 1. The minimum absolute atomic E-state index is 0.160. The van der Waals surface area contributed by atoms with Crippen LogP contribution in [0.5, 0.6) is 0 Å². The van der Waals surface area contributed by atoms with E-state index >= 15 is 0 Å². The number of benzene rings is 2. The normalized spacial score (nSPS) is 10.6. The SMILES string of the molecule is O=C(NN=Cc1cccc(Br)c1)C(=O)Nc1cccc(Cl)c1Cl. The lowest BCUT2D eigenvalue weighted by atomic mass is 10.2. The molecule has 0 spiro atoms. The summed E-state index contributed by atoms with van der Waals surface area (Å²) in [6.07, 6.45) is 1.42. The highest BCUT2D eigenvalue weighted by atomic mass is 79.9. The van der Waals surface area contributed by atoms with Gasteiger partial charge in [-0.2, -0.15) is 5.10 Å². The van der Waals surface area contributed by atoms with Crippen molar-refractivity contribution in [2.24, 2.45) is 5.10 Å². The van der Waals surface area contributed by atoms with Crippen LogP contribution in [0.1, 0.15) is 5.56 Å². The molecular formula is C15H10BrCl2N3O2. The number of nitrogens with one attached hydrogen (secondary N) is 2. The van der Waals surface area contributed by atoms with Gasteiger partial charge in [-0.05, 0) is 29.8 Å². The van der Waals surface area contributed by atoms with Gasteiger partial charge in [-0.25, -0.2) is 5.43 Å². The minimum atomic E-state index is -0.924. The number of halogens is 3. The molecule has 5 nitrogen and oxygen atoms in total. The van der Waals surface area contributed by atoms with Crippen molar-refractivity contribution in [2.45, 2.75) is 0 Å². The highest BCUT2D eigenvalue weighted by Crippen LogP contribution is 2.29. The molecule has 0 atom stereocenters. The highest BCUT2D eigenvalue weighted by molar-refractivity contribution is 9.10. The molecule has 0 aliphatic rings. The third kappa shape index (κ3) is 5.06. The van der Waals surface area contributed by atoms with Gasteiger partial charge < -0.3 is 5.32 Å². The Labute approximate surface area is 150 Å². The number of carbonyl (C=O) groups excluding carboxylic acids is 2. The summed E-state index contributed by atoms with van der Waals surface area (Å²) in [7, 11) is 0. The van der Waals surface area contributed by atoms with Crippen molar-refractivity contribution in [1.82, 2.24) is 5.43 Å². The lowest BCUT2D eigenvalue weighted by molar-refractivity contribution is -0.136. The molecule has 0 aliphatic heterocycles. The fraction of sp³-hybridized carbons (Fsp3) is 0. The van der Waals surface area contributed by atoms with Gasteiger partial charge >= 0.3 is 11.8 Å². The zero-order valence-corrected chi connectivity index (χ0v) is 14.6. The van der Waals surface area contributed by atoms with Crippen LogP contribution in [-0.4, -0.2) is 18.0 Å². The van der Waals surface area contributed by atoms with Gasteiger partial charge in [-0.3, -0.25) is 9.59 Å². The molecule has 8 heteroatoms. The summed E-state index contributed by atoms with van der Waals surface area (Å²) in [5, 5.41) is 6.52. The Balaban J connectivity index is 1.95. The molecule has 0 radical (unpaired) electrons. The second-order valence-electron chi connectivity index (χ2n) is 4.31. The smallest absolute Gasteiger partial charge is 0.316 e. The highest BCUT2D eigenvalue weighted by Gasteiger charge is 2.15. The molecule has 0 fully saturated rings. The van der Waals surface area contributed by atoms with E-state index < -0.39 is 11.8 Å². The van der Waals surface area contributed by atoms with Gasteiger partial charge in [0.05, 0.1) is 21.9 Å². The van der Waals surface area contributed by atoms with Crippen LogP contribution in [0.2, 0.25) is 10.0 Å². The third-order valence-electron chi connectivity index (χ3n) is 2.63. The zero-order valence-electron chi connectivity index (χ0n) is 11.5. The first-order valence-corrected chi connectivity index (χ1v) is 7.86. The molecule has 0 unspecified atom stereocenters. The van der Waals surface area contributed by atoms with Gasteiger partial charge in [-0.15, -0.1) is 0 Å². The molecule has 2 N–H and O–H groups in total. The number of nitrogens with zero attached hydrogens (tertiary/aromatic N) is 1. The van der Waals surface area contributed by atoms with E-state index in [0.717, 1.165) is 10.0 Å². The number of rotatable bonds is 3. The molecule has 2 aromatic rings. The van der Waals surface area contributed by atoms with Gasteiger partial charge in [0.2, 0.25) is 0 Å². The van der Waals surface area contributed by atoms with Gasteiger partial charge in [-0.1, -0.05) is 57.3 Å². The third-order valence-corrected chi connectivity index (χ3v) is 3.95. The summed E-state index contributed by atoms with van der Waals surface area (Å²) in [5.41, 5.74) is 3.14. The van der Waals surface area contributed by atoms with E-state index in [4.69, 9.17) is 23.2 Å². The standard InChI is InChI=1S/C15H10BrCl2N3O2/c16-10-4-1-3-9(7-10)8-19-21-15(23)14(22)20-12-6-2-5-11(17)13(12)18/h1-8H,(H,20,22)(H,21,23). The average molecular weight is 415 g/mol. The molecule has 0 aliphatic carbocycles. The van der Waals surface area contributed by atoms with Crippen molar-refractivity contribution in [1.29, 1.82) is 0 Å². The first-order chi connectivity index (χ1) is 11.0. The van der Waals surface area contributed by atoms with E-state index in [-0.39, 0.29) is 15.7 Å². The lowest BCUT2D eigenvalue weighted by Crippen LogP contribution is -2.32. The second-order valence-corrected chi connectivity index (χ2v) is 6.01. The Morgan fingerprint density at radius 2 is 1.83 bits per heavy atom. The molecule has 0 saturated carbocycles. The fourth-order valence-corrected chi connectivity index (χ4v) is 2.35. The van der Waals surface area contributed by atoms with Crippen LogP contribution in [0.25, 0.3) is 0 Å². The maximum Gasteiger partial charge on any atom is 0.329 e. The predicted octanol–water partition coefficient (Wildman–Crippen LogP) is 3.84. The largest absolute Gasteiger partial charge is 0.329 e. The van der Waals surface area contributed by atoms with E-state index in [9.17, 15) is 9.59 Å².